The second-order valence-electron chi connectivity index (χ2n) is 6.35. The number of nitrogens with one attached hydrogen (secondary N) is 3. The van der Waals surface area contributed by atoms with Gasteiger partial charge >= 0.3 is 6.18 Å². The van der Waals surface area contributed by atoms with Crippen LogP contribution in [0.25, 0.3) is 0 Å². The summed E-state index contributed by atoms with van der Waals surface area (Å²) in [6, 6.07) is 4.76. The molecule has 1 aromatic heterocycles. The zero-order valence-corrected chi connectivity index (χ0v) is 15.0. The predicted octanol–water partition coefficient (Wildman–Crippen LogP) is 1.79. The number of halogens is 3. The van der Waals surface area contributed by atoms with Crippen LogP contribution in [0.15, 0.2) is 42.9 Å². The standard InChI is InChI=1S/C18H21F3N6O/c19-18(20,21)15(27-8-6-22-7-9-27)11-25-17(28)13-2-1-3-14(10-13)26-16-12-23-4-5-24-16/h1-5,10,12,15,22H,6-9,11H2,(H,24,26)(H,25,28). The number of carbonyl (C=O) groups is 1. The summed E-state index contributed by atoms with van der Waals surface area (Å²) in [5, 5.41) is 8.43. The number of amides is 1. The average molecular weight is 394 g/mol. The third-order valence-electron chi connectivity index (χ3n) is 4.39. The van der Waals surface area contributed by atoms with Crippen LogP contribution in [0.1, 0.15) is 10.4 Å². The highest BCUT2D eigenvalue weighted by molar-refractivity contribution is 5.95. The Balaban J connectivity index is 1.64. The van der Waals surface area contributed by atoms with Crippen LogP contribution in [0.5, 0.6) is 0 Å². The second kappa shape index (κ2) is 8.98. The SMILES string of the molecule is O=C(NCC(N1CCNCC1)C(F)(F)F)c1cccc(Nc2cnccn2)c1. The lowest BCUT2D eigenvalue weighted by atomic mass is 10.1. The van der Waals surface area contributed by atoms with Crippen molar-refractivity contribution in [2.45, 2.75) is 12.2 Å². The van der Waals surface area contributed by atoms with E-state index in [0.717, 1.165) is 0 Å². The van der Waals surface area contributed by atoms with Crippen molar-refractivity contribution in [3.63, 3.8) is 0 Å². The van der Waals surface area contributed by atoms with Gasteiger partial charge in [-0.05, 0) is 18.2 Å². The summed E-state index contributed by atoms with van der Waals surface area (Å²) in [6.07, 6.45) is 0.158. The topological polar surface area (TPSA) is 82.2 Å². The summed E-state index contributed by atoms with van der Waals surface area (Å²) in [6.45, 7) is 1.08. The van der Waals surface area contributed by atoms with E-state index in [-0.39, 0.29) is 18.7 Å². The van der Waals surface area contributed by atoms with Gasteiger partial charge in [-0.25, -0.2) is 4.98 Å². The highest BCUT2D eigenvalue weighted by Gasteiger charge is 2.43. The largest absolute Gasteiger partial charge is 0.405 e. The molecule has 28 heavy (non-hydrogen) atoms. The van der Waals surface area contributed by atoms with E-state index in [4.69, 9.17) is 0 Å². The number of carbonyl (C=O) groups excluding carboxylic acids is 1. The molecular formula is C18H21F3N6O. The van der Waals surface area contributed by atoms with Crippen LogP contribution >= 0.6 is 0 Å². The van der Waals surface area contributed by atoms with Crippen molar-refractivity contribution < 1.29 is 18.0 Å². The minimum Gasteiger partial charge on any atom is -0.350 e. The van der Waals surface area contributed by atoms with Crippen LogP contribution in [-0.4, -0.2) is 65.7 Å². The first-order valence-corrected chi connectivity index (χ1v) is 8.86. The zero-order chi connectivity index (χ0) is 20.0. The Hall–Kier alpha value is -2.72. The van der Waals surface area contributed by atoms with Crippen LogP contribution in [0.2, 0.25) is 0 Å². The Morgan fingerprint density at radius 3 is 2.71 bits per heavy atom. The molecule has 3 N–H and O–H groups in total. The molecule has 1 aromatic carbocycles. The summed E-state index contributed by atoms with van der Waals surface area (Å²) in [4.78, 5) is 21.8. The first-order valence-electron chi connectivity index (χ1n) is 8.86. The van der Waals surface area contributed by atoms with E-state index < -0.39 is 24.7 Å². The van der Waals surface area contributed by atoms with Gasteiger partial charge in [0.05, 0.1) is 6.20 Å². The van der Waals surface area contributed by atoms with Gasteiger partial charge in [-0.1, -0.05) is 6.07 Å². The predicted molar refractivity (Wildman–Crippen MR) is 98.4 cm³/mol. The number of aromatic nitrogens is 2. The van der Waals surface area contributed by atoms with E-state index in [1.165, 1.54) is 23.5 Å². The van der Waals surface area contributed by atoms with Gasteiger partial charge in [0.15, 0.2) is 0 Å². The van der Waals surface area contributed by atoms with Gasteiger partial charge in [0.1, 0.15) is 11.9 Å². The van der Waals surface area contributed by atoms with Gasteiger partial charge in [-0.15, -0.1) is 0 Å². The van der Waals surface area contributed by atoms with Crippen LogP contribution in [-0.2, 0) is 0 Å². The molecule has 1 aliphatic rings. The molecule has 1 aliphatic heterocycles. The monoisotopic (exact) mass is 394 g/mol. The number of rotatable bonds is 6. The van der Waals surface area contributed by atoms with Crippen LogP contribution in [0.3, 0.4) is 0 Å². The van der Waals surface area contributed by atoms with Crippen molar-refractivity contribution in [1.29, 1.82) is 0 Å². The molecule has 0 spiro atoms. The van der Waals surface area contributed by atoms with E-state index in [0.29, 0.717) is 24.6 Å². The third kappa shape index (κ3) is 5.40. The van der Waals surface area contributed by atoms with Gasteiger partial charge in [-0.3, -0.25) is 14.7 Å². The number of piperazine rings is 1. The number of alkyl halides is 3. The molecule has 1 fully saturated rings. The molecule has 0 radical (unpaired) electrons. The molecule has 0 bridgehead atoms. The second-order valence-corrected chi connectivity index (χ2v) is 6.35. The van der Waals surface area contributed by atoms with Gasteiger partial charge in [0.25, 0.3) is 5.91 Å². The van der Waals surface area contributed by atoms with Crippen LogP contribution in [0.4, 0.5) is 24.7 Å². The first kappa shape index (κ1) is 20.0. The smallest absolute Gasteiger partial charge is 0.350 e. The lowest BCUT2D eigenvalue weighted by molar-refractivity contribution is -0.183. The molecule has 150 valence electrons. The molecule has 3 rings (SSSR count). The maximum atomic E-state index is 13.4. The number of hydrogen-bond acceptors (Lipinski definition) is 6. The van der Waals surface area contributed by atoms with E-state index >= 15 is 0 Å². The summed E-state index contributed by atoms with van der Waals surface area (Å²) in [7, 11) is 0. The van der Waals surface area contributed by atoms with E-state index in [9.17, 15) is 18.0 Å². The highest BCUT2D eigenvalue weighted by atomic mass is 19.4. The number of hydrogen-bond donors (Lipinski definition) is 3. The van der Waals surface area contributed by atoms with Crippen molar-refractivity contribution in [3.8, 4) is 0 Å². The Bertz CT molecular complexity index is 780. The van der Waals surface area contributed by atoms with Crippen molar-refractivity contribution in [3.05, 3.63) is 48.4 Å². The molecule has 7 nitrogen and oxygen atoms in total. The molecule has 0 saturated carbocycles. The molecule has 1 atom stereocenters. The Morgan fingerprint density at radius 2 is 2.04 bits per heavy atom. The highest BCUT2D eigenvalue weighted by Crippen LogP contribution is 2.25. The van der Waals surface area contributed by atoms with Crippen molar-refractivity contribution in [2.75, 3.05) is 38.0 Å². The summed E-state index contributed by atoms with van der Waals surface area (Å²) < 4.78 is 40.3. The number of benzene rings is 1. The zero-order valence-electron chi connectivity index (χ0n) is 15.0. The van der Waals surface area contributed by atoms with E-state index in [1.54, 1.807) is 24.3 Å². The lowest BCUT2D eigenvalue weighted by Crippen LogP contribution is -2.57. The molecule has 1 amide bonds. The maximum Gasteiger partial charge on any atom is 0.405 e. The third-order valence-corrected chi connectivity index (χ3v) is 4.39. The molecule has 10 heteroatoms. The minimum absolute atomic E-state index is 0.259. The number of anilines is 2. The van der Waals surface area contributed by atoms with Gasteiger partial charge in [0, 0.05) is 56.4 Å². The Morgan fingerprint density at radius 1 is 1.25 bits per heavy atom. The molecule has 1 unspecified atom stereocenters. The molecule has 2 aromatic rings. The summed E-state index contributed by atoms with van der Waals surface area (Å²) in [5.41, 5.74) is 0.845. The van der Waals surface area contributed by atoms with E-state index in [1.807, 2.05) is 0 Å². The van der Waals surface area contributed by atoms with Crippen LogP contribution in [0, 0.1) is 0 Å². The molecule has 2 heterocycles. The number of nitrogens with zero attached hydrogens (tertiary/aromatic N) is 3. The first-order chi connectivity index (χ1) is 13.4. The van der Waals surface area contributed by atoms with Gasteiger partial charge in [0.2, 0.25) is 0 Å². The Labute approximate surface area is 160 Å². The van der Waals surface area contributed by atoms with Gasteiger partial charge < -0.3 is 16.0 Å². The van der Waals surface area contributed by atoms with Crippen LogP contribution < -0.4 is 16.0 Å². The minimum atomic E-state index is -4.42. The lowest BCUT2D eigenvalue weighted by Gasteiger charge is -2.35. The fourth-order valence-electron chi connectivity index (χ4n) is 2.99. The summed E-state index contributed by atoms with van der Waals surface area (Å²) in [5.74, 6) is -0.0666. The van der Waals surface area contributed by atoms with Crippen molar-refractivity contribution in [2.24, 2.45) is 0 Å². The van der Waals surface area contributed by atoms with Crippen molar-refractivity contribution in [1.82, 2.24) is 25.5 Å². The fraction of sp³-hybridized carbons (Fsp3) is 0.389. The van der Waals surface area contributed by atoms with Crippen molar-refractivity contribution >= 4 is 17.4 Å². The normalized spacial score (nSPS) is 16.4. The molecule has 1 saturated heterocycles. The van der Waals surface area contributed by atoms with Gasteiger partial charge in [-0.2, -0.15) is 13.2 Å². The fourth-order valence-corrected chi connectivity index (χ4v) is 2.99. The average Bonchev–Trinajstić information content (AvgIpc) is 2.69. The maximum absolute atomic E-state index is 13.4. The molecular weight excluding hydrogens is 373 g/mol. The Kier molecular flexibility index (Phi) is 6.42. The summed E-state index contributed by atoms with van der Waals surface area (Å²) >= 11 is 0. The van der Waals surface area contributed by atoms with E-state index in [2.05, 4.69) is 25.9 Å². The molecule has 0 aliphatic carbocycles. The quantitative estimate of drug-likeness (QED) is 0.693.